The predicted octanol–water partition coefficient (Wildman–Crippen LogP) is 4.60. The molecule has 1 fully saturated rings. The summed E-state index contributed by atoms with van der Waals surface area (Å²) in [5, 5.41) is 2.22. The molecule has 2 aromatic carbocycles. The van der Waals surface area contributed by atoms with Crippen LogP contribution in [0.2, 0.25) is 0 Å². The monoisotopic (exact) mass is 292 g/mol. The molecule has 4 rings (SSSR count). The number of carbonyl (C=O) groups excluding carboxylic acids is 1. The molecule has 2 aliphatic rings. The molecule has 112 valence electrons. The number of ether oxygens (including phenoxy) is 1. The lowest BCUT2D eigenvalue weighted by Gasteiger charge is -2.25. The van der Waals surface area contributed by atoms with Gasteiger partial charge in [0.25, 0.3) is 0 Å². The smallest absolute Gasteiger partial charge is 0.338 e. The van der Waals surface area contributed by atoms with Crippen LogP contribution in [-0.4, -0.2) is 12.1 Å². The summed E-state index contributed by atoms with van der Waals surface area (Å²) in [6, 6.07) is 13.8. The Labute approximate surface area is 130 Å². The molecule has 2 aromatic rings. The van der Waals surface area contributed by atoms with Gasteiger partial charge in [-0.2, -0.15) is 0 Å². The maximum Gasteiger partial charge on any atom is 0.338 e. The number of esters is 1. The zero-order chi connectivity index (χ0) is 15.1. The average molecular weight is 292 g/mol. The first-order valence-corrected chi connectivity index (χ1v) is 8.09. The SMILES string of the molecule is CC(OC(=O)c1ccc2ccccc2c1)C1CC2C=CC1C2. The molecule has 0 aromatic heterocycles. The van der Waals surface area contributed by atoms with Gasteiger partial charge in [-0.1, -0.05) is 42.5 Å². The Morgan fingerprint density at radius 2 is 1.91 bits per heavy atom. The van der Waals surface area contributed by atoms with E-state index in [0.717, 1.165) is 17.2 Å². The number of hydrogen-bond acceptors (Lipinski definition) is 2. The Balaban J connectivity index is 1.50. The zero-order valence-corrected chi connectivity index (χ0v) is 12.7. The molecule has 1 saturated carbocycles. The molecular weight excluding hydrogens is 272 g/mol. The normalized spacial score (nSPS) is 27.2. The van der Waals surface area contributed by atoms with Gasteiger partial charge in [0, 0.05) is 5.92 Å². The summed E-state index contributed by atoms with van der Waals surface area (Å²) in [6.45, 7) is 2.04. The van der Waals surface area contributed by atoms with E-state index in [-0.39, 0.29) is 12.1 Å². The maximum absolute atomic E-state index is 12.4. The van der Waals surface area contributed by atoms with Crippen molar-refractivity contribution in [3.8, 4) is 0 Å². The van der Waals surface area contributed by atoms with Gasteiger partial charge in [0.2, 0.25) is 0 Å². The molecular formula is C20H20O2. The van der Waals surface area contributed by atoms with E-state index in [0.29, 0.717) is 23.3 Å². The minimum atomic E-state index is -0.204. The zero-order valence-electron chi connectivity index (χ0n) is 12.7. The second kappa shape index (κ2) is 5.28. The van der Waals surface area contributed by atoms with E-state index in [4.69, 9.17) is 4.74 Å². The van der Waals surface area contributed by atoms with E-state index in [1.807, 2.05) is 43.3 Å². The minimum Gasteiger partial charge on any atom is -0.459 e. The molecule has 2 aliphatic carbocycles. The molecule has 22 heavy (non-hydrogen) atoms. The highest BCUT2D eigenvalue weighted by molar-refractivity contribution is 5.95. The van der Waals surface area contributed by atoms with Crippen LogP contribution in [0.15, 0.2) is 54.6 Å². The van der Waals surface area contributed by atoms with E-state index in [1.54, 1.807) is 0 Å². The number of allylic oxidation sites excluding steroid dienone is 2. The van der Waals surface area contributed by atoms with E-state index >= 15 is 0 Å². The molecule has 0 saturated heterocycles. The summed E-state index contributed by atoms with van der Waals surface area (Å²) in [7, 11) is 0. The number of rotatable bonds is 3. The van der Waals surface area contributed by atoms with Crippen molar-refractivity contribution < 1.29 is 9.53 Å². The molecule has 4 unspecified atom stereocenters. The summed E-state index contributed by atoms with van der Waals surface area (Å²) in [5.41, 5.74) is 0.643. The van der Waals surface area contributed by atoms with E-state index in [9.17, 15) is 4.79 Å². The second-order valence-electron chi connectivity index (χ2n) is 6.62. The van der Waals surface area contributed by atoms with Gasteiger partial charge in [-0.05, 0) is 54.5 Å². The van der Waals surface area contributed by atoms with Gasteiger partial charge in [0.15, 0.2) is 0 Å². The third-order valence-corrected chi connectivity index (χ3v) is 5.21. The molecule has 0 N–H and O–H groups in total. The lowest BCUT2D eigenvalue weighted by molar-refractivity contribution is 0.0160. The quantitative estimate of drug-likeness (QED) is 0.610. The highest BCUT2D eigenvalue weighted by Crippen LogP contribution is 2.45. The Morgan fingerprint density at radius 3 is 2.64 bits per heavy atom. The van der Waals surface area contributed by atoms with Crippen LogP contribution in [0.5, 0.6) is 0 Å². The molecule has 0 spiro atoms. The Bertz CT molecular complexity index is 746. The average Bonchev–Trinajstić information content (AvgIpc) is 3.17. The molecule has 0 amide bonds. The first-order chi connectivity index (χ1) is 10.7. The van der Waals surface area contributed by atoms with Crippen LogP contribution in [0.4, 0.5) is 0 Å². The lowest BCUT2D eigenvalue weighted by Crippen LogP contribution is -2.27. The van der Waals surface area contributed by atoms with E-state index in [2.05, 4.69) is 18.2 Å². The number of carbonyl (C=O) groups is 1. The van der Waals surface area contributed by atoms with Crippen LogP contribution in [0, 0.1) is 17.8 Å². The molecule has 0 radical (unpaired) electrons. The van der Waals surface area contributed by atoms with Crippen LogP contribution >= 0.6 is 0 Å². The fourth-order valence-electron chi connectivity index (χ4n) is 4.00. The molecule has 0 aliphatic heterocycles. The van der Waals surface area contributed by atoms with E-state index < -0.39 is 0 Å². The van der Waals surface area contributed by atoms with Crippen LogP contribution in [0.25, 0.3) is 10.8 Å². The van der Waals surface area contributed by atoms with Crippen LogP contribution < -0.4 is 0 Å². The van der Waals surface area contributed by atoms with Crippen molar-refractivity contribution in [3.63, 3.8) is 0 Å². The molecule has 0 heterocycles. The van der Waals surface area contributed by atoms with Gasteiger partial charge in [0.1, 0.15) is 6.10 Å². The number of hydrogen-bond donors (Lipinski definition) is 0. The van der Waals surface area contributed by atoms with Crippen molar-refractivity contribution in [2.45, 2.75) is 25.9 Å². The van der Waals surface area contributed by atoms with Crippen molar-refractivity contribution in [1.29, 1.82) is 0 Å². The maximum atomic E-state index is 12.4. The van der Waals surface area contributed by atoms with E-state index in [1.165, 1.54) is 6.42 Å². The summed E-state index contributed by atoms with van der Waals surface area (Å²) in [4.78, 5) is 12.4. The topological polar surface area (TPSA) is 26.3 Å². The molecule has 2 nitrogen and oxygen atoms in total. The largest absolute Gasteiger partial charge is 0.459 e. The van der Waals surface area contributed by atoms with Gasteiger partial charge in [-0.15, -0.1) is 0 Å². The first kappa shape index (κ1) is 13.6. The Kier molecular flexibility index (Phi) is 3.25. The molecule has 4 atom stereocenters. The minimum absolute atomic E-state index is 0.0149. The first-order valence-electron chi connectivity index (χ1n) is 8.09. The van der Waals surface area contributed by atoms with Crippen LogP contribution in [0.1, 0.15) is 30.1 Å². The van der Waals surface area contributed by atoms with Gasteiger partial charge in [-0.25, -0.2) is 4.79 Å². The number of benzene rings is 2. The van der Waals surface area contributed by atoms with Crippen LogP contribution in [-0.2, 0) is 4.74 Å². The van der Waals surface area contributed by atoms with Crippen molar-refractivity contribution in [3.05, 3.63) is 60.2 Å². The Hall–Kier alpha value is -2.09. The van der Waals surface area contributed by atoms with Gasteiger partial charge in [-0.3, -0.25) is 0 Å². The summed E-state index contributed by atoms with van der Waals surface area (Å²) in [6.07, 6.45) is 7.01. The summed E-state index contributed by atoms with van der Waals surface area (Å²) < 4.78 is 5.75. The summed E-state index contributed by atoms with van der Waals surface area (Å²) in [5.74, 6) is 1.59. The van der Waals surface area contributed by atoms with Gasteiger partial charge in [0.05, 0.1) is 5.56 Å². The highest BCUT2D eigenvalue weighted by atomic mass is 16.5. The lowest BCUT2D eigenvalue weighted by atomic mass is 9.89. The molecule has 2 heteroatoms. The third kappa shape index (κ3) is 2.33. The van der Waals surface area contributed by atoms with Crippen molar-refractivity contribution in [1.82, 2.24) is 0 Å². The highest BCUT2D eigenvalue weighted by Gasteiger charge is 2.39. The predicted molar refractivity (Wildman–Crippen MR) is 87.7 cm³/mol. The second-order valence-corrected chi connectivity index (χ2v) is 6.62. The standard InChI is InChI=1S/C20H20O2/c1-13(19-11-14-6-7-17(19)10-14)22-20(21)18-9-8-15-4-2-3-5-16(15)12-18/h2-9,12-14,17,19H,10-11H2,1H3. The van der Waals surface area contributed by atoms with Crippen LogP contribution in [0.3, 0.4) is 0 Å². The van der Waals surface area contributed by atoms with Gasteiger partial charge >= 0.3 is 5.97 Å². The third-order valence-electron chi connectivity index (χ3n) is 5.21. The van der Waals surface area contributed by atoms with Crippen molar-refractivity contribution >= 4 is 16.7 Å². The van der Waals surface area contributed by atoms with Crippen molar-refractivity contribution in [2.24, 2.45) is 17.8 Å². The molecule has 2 bridgehead atoms. The number of fused-ring (bicyclic) bond motifs is 3. The summed E-state index contributed by atoms with van der Waals surface area (Å²) >= 11 is 0. The van der Waals surface area contributed by atoms with Crippen molar-refractivity contribution in [2.75, 3.05) is 0 Å². The fourth-order valence-corrected chi connectivity index (χ4v) is 4.00. The van der Waals surface area contributed by atoms with Gasteiger partial charge < -0.3 is 4.74 Å². The Morgan fingerprint density at radius 1 is 1.09 bits per heavy atom. The fraction of sp³-hybridized carbons (Fsp3) is 0.350.